The molecule has 86 valence electrons. The molecule has 1 aromatic heterocycles. The highest BCUT2D eigenvalue weighted by molar-refractivity contribution is 7.11. The molecule has 1 aromatic rings. The average molecular weight is 227 g/mol. The van der Waals surface area contributed by atoms with E-state index in [0.29, 0.717) is 11.8 Å². The van der Waals surface area contributed by atoms with Gasteiger partial charge in [0.15, 0.2) is 0 Å². The molecule has 1 rings (SSSR count). The van der Waals surface area contributed by atoms with E-state index in [2.05, 4.69) is 32.7 Å². The van der Waals surface area contributed by atoms with Crippen molar-refractivity contribution in [2.75, 3.05) is 6.61 Å². The van der Waals surface area contributed by atoms with Crippen LogP contribution in [-0.4, -0.2) is 11.6 Å². The summed E-state index contributed by atoms with van der Waals surface area (Å²) < 4.78 is 5.73. The zero-order chi connectivity index (χ0) is 11.4. The molecular formula is C12H21NOS. The number of nitrogens with zero attached hydrogens (tertiary/aromatic N) is 1. The van der Waals surface area contributed by atoms with Gasteiger partial charge in [-0.15, -0.1) is 11.3 Å². The fourth-order valence-electron chi connectivity index (χ4n) is 1.43. The van der Waals surface area contributed by atoms with Crippen LogP contribution in [0.15, 0.2) is 6.20 Å². The number of thiazole rings is 1. The summed E-state index contributed by atoms with van der Waals surface area (Å²) in [5, 5.41) is 1.12. The number of aromatic nitrogens is 1. The topological polar surface area (TPSA) is 22.1 Å². The van der Waals surface area contributed by atoms with Crippen LogP contribution in [0.5, 0.6) is 0 Å². The van der Waals surface area contributed by atoms with Crippen molar-refractivity contribution in [3.8, 4) is 0 Å². The fraction of sp³-hybridized carbons (Fsp3) is 0.750. The Morgan fingerprint density at radius 3 is 2.40 bits per heavy atom. The number of rotatable bonds is 5. The van der Waals surface area contributed by atoms with Gasteiger partial charge in [-0.3, -0.25) is 0 Å². The van der Waals surface area contributed by atoms with Crippen LogP contribution >= 0.6 is 11.3 Å². The Morgan fingerprint density at radius 2 is 2.00 bits per heavy atom. The van der Waals surface area contributed by atoms with E-state index in [0.717, 1.165) is 11.6 Å². The summed E-state index contributed by atoms with van der Waals surface area (Å²) in [6.07, 6.45) is 2.14. The Kier molecular flexibility index (Phi) is 4.74. The van der Waals surface area contributed by atoms with Crippen molar-refractivity contribution < 1.29 is 4.74 Å². The lowest BCUT2D eigenvalue weighted by molar-refractivity contribution is 0.0293. The van der Waals surface area contributed by atoms with Gasteiger partial charge in [-0.2, -0.15) is 0 Å². The summed E-state index contributed by atoms with van der Waals surface area (Å²) in [6, 6.07) is 0. The summed E-state index contributed by atoms with van der Waals surface area (Å²) in [5.74, 6) is 1.04. The monoisotopic (exact) mass is 227 g/mol. The SMILES string of the molecule is CCOC(c1ncc(C(C)C)s1)C(C)C. The first-order valence-electron chi connectivity index (χ1n) is 5.63. The lowest BCUT2D eigenvalue weighted by Crippen LogP contribution is -2.10. The van der Waals surface area contributed by atoms with Crippen molar-refractivity contribution in [3.63, 3.8) is 0 Å². The standard InChI is InChI=1S/C12H21NOS/c1-6-14-11(9(4)5)12-13-7-10(15-12)8(2)3/h7-9,11H,6H2,1-5H3. The molecule has 0 saturated carbocycles. The predicted molar refractivity (Wildman–Crippen MR) is 65.4 cm³/mol. The molecule has 1 heterocycles. The van der Waals surface area contributed by atoms with E-state index in [9.17, 15) is 0 Å². The Bertz CT molecular complexity index is 294. The Hall–Kier alpha value is -0.410. The minimum Gasteiger partial charge on any atom is -0.371 e. The number of hydrogen-bond donors (Lipinski definition) is 0. The molecule has 0 aromatic carbocycles. The van der Waals surface area contributed by atoms with E-state index >= 15 is 0 Å². The van der Waals surface area contributed by atoms with Crippen molar-refractivity contribution in [2.24, 2.45) is 5.92 Å². The second kappa shape index (κ2) is 5.61. The van der Waals surface area contributed by atoms with Crippen LogP contribution in [0.2, 0.25) is 0 Å². The largest absolute Gasteiger partial charge is 0.371 e. The molecule has 0 spiro atoms. The van der Waals surface area contributed by atoms with Crippen molar-refractivity contribution in [2.45, 2.75) is 46.6 Å². The Morgan fingerprint density at radius 1 is 1.33 bits per heavy atom. The maximum atomic E-state index is 5.73. The van der Waals surface area contributed by atoms with Gasteiger partial charge in [-0.1, -0.05) is 27.7 Å². The van der Waals surface area contributed by atoms with E-state index in [1.54, 1.807) is 11.3 Å². The van der Waals surface area contributed by atoms with Crippen molar-refractivity contribution in [1.29, 1.82) is 0 Å². The van der Waals surface area contributed by atoms with Crippen LogP contribution in [-0.2, 0) is 4.74 Å². The highest BCUT2D eigenvalue weighted by Crippen LogP contribution is 2.31. The van der Waals surface area contributed by atoms with E-state index < -0.39 is 0 Å². The van der Waals surface area contributed by atoms with E-state index in [4.69, 9.17) is 4.74 Å². The normalized spacial score (nSPS) is 13.8. The molecule has 0 aliphatic rings. The molecule has 0 bridgehead atoms. The molecule has 0 N–H and O–H groups in total. The third-order valence-electron chi connectivity index (χ3n) is 2.31. The van der Waals surface area contributed by atoms with E-state index in [1.807, 2.05) is 13.1 Å². The molecule has 0 saturated heterocycles. The molecule has 1 unspecified atom stereocenters. The van der Waals surface area contributed by atoms with Gasteiger partial charge in [0.25, 0.3) is 0 Å². The summed E-state index contributed by atoms with van der Waals surface area (Å²) in [4.78, 5) is 5.81. The highest BCUT2D eigenvalue weighted by Gasteiger charge is 2.20. The zero-order valence-electron chi connectivity index (χ0n) is 10.3. The van der Waals surface area contributed by atoms with Gasteiger partial charge in [0.1, 0.15) is 11.1 Å². The molecule has 1 atom stereocenters. The third kappa shape index (κ3) is 3.28. The second-order valence-electron chi connectivity index (χ2n) is 4.38. The Balaban J connectivity index is 2.81. The first kappa shape index (κ1) is 12.7. The highest BCUT2D eigenvalue weighted by atomic mass is 32.1. The van der Waals surface area contributed by atoms with Gasteiger partial charge < -0.3 is 4.74 Å². The van der Waals surface area contributed by atoms with E-state index in [1.165, 1.54) is 4.88 Å². The fourth-order valence-corrected chi connectivity index (χ4v) is 2.57. The predicted octanol–water partition coefficient (Wildman–Crippen LogP) is 4.00. The zero-order valence-corrected chi connectivity index (χ0v) is 11.1. The minimum atomic E-state index is 0.160. The Labute approximate surface area is 96.7 Å². The number of ether oxygens (including phenoxy) is 1. The van der Waals surface area contributed by atoms with Crippen molar-refractivity contribution in [1.82, 2.24) is 4.98 Å². The molecule has 0 aliphatic heterocycles. The first-order valence-corrected chi connectivity index (χ1v) is 6.45. The second-order valence-corrected chi connectivity index (χ2v) is 5.47. The lowest BCUT2D eigenvalue weighted by atomic mass is 10.1. The maximum absolute atomic E-state index is 5.73. The maximum Gasteiger partial charge on any atom is 0.122 e. The summed E-state index contributed by atoms with van der Waals surface area (Å²) >= 11 is 1.78. The van der Waals surface area contributed by atoms with Crippen LogP contribution in [0.25, 0.3) is 0 Å². The van der Waals surface area contributed by atoms with Crippen molar-refractivity contribution in [3.05, 3.63) is 16.1 Å². The molecular weight excluding hydrogens is 206 g/mol. The van der Waals surface area contributed by atoms with Gasteiger partial charge in [-0.25, -0.2) is 4.98 Å². The average Bonchev–Trinajstić information content (AvgIpc) is 2.62. The van der Waals surface area contributed by atoms with Crippen LogP contribution < -0.4 is 0 Å². The van der Waals surface area contributed by atoms with Gasteiger partial charge in [0.2, 0.25) is 0 Å². The van der Waals surface area contributed by atoms with Gasteiger partial charge in [0, 0.05) is 17.7 Å². The van der Waals surface area contributed by atoms with Crippen LogP contribution in [0.4, 0.5) is 0 Å². The summed E-state index contributed by atoms with van der Waals surface area (Å²) in [5.41, 5.74) is 0. The van der Waals surface area contributed by atoms with Gasteiger partial charge in [-0.05, 0) is 18.8 Å². The molecule has 15 heavy (non-hydrogen) atoms. The smallest absolute Gasteiger partial charge is 0.122 e. The quantitative estimate of drug-likeness (QED) is 0.758. The molecule has 0 radical (unpaired) electrons. The van der Waals surface area contributed by atoms with Crippen LogP contribution in [0.1, 0.15) is 56.5 Å². The molecule has 3 heteroatoms. The molecule has 0 amide bonds. The minimum absolute atomic E-state index is 0.160. The lowest BCUT2D eigenvalue weighted by Gasteiger charge is -2.18. The van der Waals surface area contributed by atoms with Gasteiger partial charge >= 0.3 is 0 Å². The molecule has 0 aliphatic carbocycles. The van der Waals surface area contributed by atoms with E-state index in [-0.39, 0.29) is 6.10 Å². The number of hydrogen-bond acceptors (Lipinski definition) is 3. The van der Waals surface area contributed by atoms with Crippen molar-refractivity contribution >= 4 is 11.3 Å². The first-order chi connectivity index (χ1) is 7.06. The van der Waals surface area contributed by atoms with Crippen LogP contribution in [0.3, 0.4) is 0 Å². The van der Waals surface area contributed by atoms with Gasteiger partial charge in [0.05, 0.1) is 0 Å². The summed E-state index contributed by atoms with van der Waals surface area (Å²) in [7, 11) is 0. The molecule has 0 fully saturated rings. The molecule has 2 nitrogen and oxygen atoms in total. The van der Waals surface area contributed by atoms with Crippen LogP contribution in [0, 0.1) is 5.92 Å². The summed E-state index contributed by atoms with van der Waals surface area (Å²) in [6.45, 7) is 11.5. The third-order valence-corrected chi connectivity index (χ3v) is 3.66.